The van der Waals surface area contributed by atoms with Crippen LogP contribution in [0.3, 0.4) is 0 Å². The second kappa shape index (κ2) is 6.50. The van der Waals surface area contributed by atoms with E-state index in [1.54, 1.807) is 0 Å². The van der Waals surface area contributed by atoms with Gasteiger partial charge in [0.2, 0.25) is 0 Å². The normalized spacial score (nSPS) is 16.0. The van der Waals surface area contributed by atoms with Crippen LogP contribution in [0.25, 0.3) is 0 Å². The van der Waals surface area contributed by atoms with Crippen LogP contribution in [0, 0.1) is 0 Å². The number of hydrogen-bond donors (Lipinski definition) is 2. The first-order valence-corrected chi connectivity index (χ1v) is 7.23. The van der Waals surface area contributed by atoms with Gasteiger partial charge >= 0.3 is 6.03 Å². The van der Waals surface area contributed by atoms with E-state index in [1.807, 2.05) is 31.0 Å². The van der Waals surface area contributed by atoms with Crippen LogP contribution in [0.5, 0.6) is 0 Å². The zero-order valence-corrected chi connectivity index (χ0v) is 12.3. The SMILES string of the molecule is CCNC(=O)N(C)C1CCN(c2ccc(N)cc2)CC1. The summed E-state index contributed by atoms with van der Waals surface area (Å²) in [6.07, 6.45) is 2.00. The monoisotopic (exact) mass is 276 g/mol. The molecule has 0 spiro atoms. The molecule has 3 N–H and O–H groups in total. The summed E-state index contributed by atoms with van der Waals surface area (Å²) in [6.45, 7) is 4.56. The van der Waals surface area contributed by atoms with Gasteiger partial charge in [-0.05, 0) is 44.0 Å². The van der Waals surface area contributed by atoms with Crippen molar-refractivity contribution in [3.8, 4) is 0 Å². The third-order valence-corrected chi connectivity index (χ3v) is 3.92. The van der Waals surface area contributed by atoms with Gasteiger partial charge in [-0.3, -0.25) is 0 Å². The number of rotatable bonds is 3. The summed E-state index contributed by atoms with van der Waals surface area (Å²) in [5.41, 5.74) is 7.71. The lowest BCUT2D eigenvalue weighted by molar-refractivity contribution is 0.180. The Balaban J connectivity index is 1.89. The van der Waals surface area contributed by atoms with Gasteiger partial charge in [-0.15, -0.1) is 0 Å². The Morgan fingerprint density at radius 1 is 1.35 bits per heavy atom. The number of amides is 2. The molecule has 1 aliphatic rings. The average Bonchev–Trinajstić information content (AvgIpc) is 2.48. The molecule has 1 fully saturated rings. The van der Waals surface area contributed by atoms with Gasteiger partial charge in [-0.2, -0.15) is 0 Å². The van der Waals surface area contributed by atoms with Crippen molar-refractivity contribution in [2.24, 2.45) is 0 Å². The van der Waals surface area contributed by atoms with E-state index in [0.29, 0.717) is 12.6 Å². The first kappa shape index (κ1) is 14.5. The number of hydrogen-bond acceptors (Lipinski definition) is 3. The molecule has 0 atom stereocenters. The first-order valence-electron chi connectivity index (χ1n) is 7.23. The number of nitrogens with one attached hydrogen (secondary N) is 1. The van der Waals surface area contributed by atoms with Gasteiger partial charge in [0.25, 0.3) is 0 Å². The van der Waals surface area contributed by atoms with Crippen molar-refractivity contribution in [2.45, 2.75) is 25.8 Å². The predicted octanol–water partition coefficient (Wildman–Crippen LogP) is 1.90. The molecule has 1 aromatic carbocycles. The quantitative estimate of drug-likeness (QED) is 0.829. The van der Waals surface area contributed by atoms with E-state index in [9.17, 15) is 4.79 Å². The van der Waals surface area contributed by atoms with E-state index in [0.717, 1.165) is 31.6 Å². The Hall–Kier alpha value is -1.91. The Morgan fingerprint density at radius 3 is 2.50 bits per heavy atom. The highest BCUT2D eigenvalue weighted by molar-refractivity contribution is 5.74. The number of benzene rings is 1. The number of nitrogens with two attached hydrogens (primary N) is 1. The maximum absolute atomic E-state index is 11.8. The van der Waals surface area contributed by atoms with Crippen LogP contribution in [0.2, 0.25) is 0 Å². The third kappa shape index (κ3) is 3.35. The molecule has 20 heavy (non-hydrogen) atoms. The second-order valence-corrected chi connectivity index (χ2v) is 5.26. The Morgan fingerprint density at radius 2 is 1.95 bits per heavy atom. The molecule has 5 nitrogen and oxygen atoms in total. The van der Waals surface area contributed by atoms with E-state index < -0.39 is 0 Å². The topological polar surface area (TPSA) is 61.6 Å². The van der Waals surface area contributed by atoms with Gasteiger partial charge in [0.1, 0.15) is 0 Å². The van der Waals surface area contributed by atoms with Crippen LogP contribution in [0.15, 0.2) is 24.3 Å². The lowest BCUT2D eigenvalue weighted by atomic mass is 10.0. The number of anilines is 2. The number of carbonyl (C=O) groups is 1. The third-order valence-electron chi connectivity index (χ3n) is 3.92. The van der Waals surface area contributed by atoms with E-state index >= 15 is 0 Å². The van der Waals surface area contributed by atoms with Crippen LogP contribution < -0.4 is 16.0 Å². The molecule has 1 saturated heterocycles. The Labute approximate surface area is 120 Å². The lowest BCUT2D eigenvalue weighted by Crippen LogP contribution is -2.48. The number of nitrogen functional groups attached to an aromatic ring is 1. The Kier molecular flexibility index (Phi) is 4.71. The summed E-state index contributed by atoms with van der Waals surface area (Å²) in [4.78, 5) is 16.0. The van der Waals surface area contributed by atoms with Gasteiger partial charge in [-0.25, -0.2) is 4.79 Å². The molecule has 0 radical (unpaired) electrons. The number of piperidine rings is 1. The van der Waals surface area contributed by atoms with Crippen molar-refractivity contribution in [3.05, 3.63) is 24.3 Å². The highest BCUT2D eigenvalue weighted by Crippen LogP contribution is 2.23. The van der Waals surface area contributed by atoms with Crippen molar-refractivity contribution in [2.75, 3.05) is 37.3 Å². The maximum Gasteiger partial charge on any atom is 0.317 e. The highest BCUT2D eigenvalue weighted by Gasteiger charge is 2.25. The van der Waals surface area contributed by atoms with Crippen LogP contribution >= 0.6 is 0 Å². The molecule has 110 valence electrons. The van der Waals surface area contributed by atoms with Gasteiger partial charge < -0.3 is 20.9 Å². The largest absolute Gasteiger partial charge is 0.399 e. The molecule has 0 bridgehead atoms. The summed E-state index contributed by atoms with van der Waals surface area (Å²) in [7, 11) is 1.88. The average molecular weight is 276 g/mol. The maximum atomic E-state index is 11.8. The van der Waals surface area contributed by atoms with E-state index in [4.69, 9.17) is 5.73 Å². The summed E-state index contributed by atoms with van der Waals surface area (Å²) >= 11 is 0. The summed E-state index contributed by atoms with van der Waals surface area (Å²) < 4.78 is 0. The molecular weight excluding hydrogens is 252 g/mol. The van der Waals surface area contributed by atoms with Crippen molar-refractivity contribution < 1.29 is 4.79 Å². The summed E-state index contributed by atoms with van der Waals surface area (Å²) in [6, 6.07) is 8.33. The summed E-state index contributed by atoms with van der Waals surface area (Å²) in [5, 5.41) is 2.85. The fourth-order valence-electron chi connectivity index (χ4n) is 2.64. The van der Waals surface area contributed by atoms with Crippen LogP contribution in [-0.4, -0.2) is 43.7 Å². The zero-order valence-electron chi connectivity index (χ0n) is 12.3. The van der Waals surface area contributed by atoms with E-state index in [-0.39, 0.29) is 6.03 Å². The van der Waals surface area contributed by atoms with Gasteiger partial charge in [0.15, 0.2) is 0 Å². The van der Waals surface area contributed by atoms with Gasteiger partial charge in [-0.1, -0.05) is 0 Å². The van der Waals surface area contributed by atoms with Gasteiger partial charge in [0, 0.05) is 44.1 Å². The molecule has 5 heteroatoms. The molecular formula is C15H24N4O. The van der Waals surface area contributed by atoms with Gasteiger partial charge in [0.05, 0.1) is 0 Å². The van der Waals surface area contributed by atoms with Crippen molar-refractivity contribution in [1.29, 1.82) is 0 Å². The van der Waals surface area contributed by atoms with Crippen LogP contribution in [0.4, 0.5) is 16.2 Å². The fourth-order valence-corrected chi connectivity index (χ4v) is 2.64. The number of carbonyl (C=O) groups excluding carboxylic acids is 1. The first-order chi connectivity index (χ1) is 9.61. The zero-order chi connectivity index (χ0) is 14.5. The molecule has 1 aliphatic heterocycles. The lowest BCUT2D eigenvalue weighted by Gasteiger charge is -2.37. The number of urea groups is 1. The Bertz CT molecular complexity index is 438. The van der Waals surface area contributed by atoms with Crippen LogP contribution in [0.1, 0.15) is 19.8 Å². The van der Waals surface area contributed by atoms with Crippen molar-refractivity contribution in [1.82, 2.24) is 10.2 Å². The molecule has 0 aliphatic carbocycles. The van der Waals surface area contributed by atoms with E-state index in [1.165, 1.54) is 5.69 Å². The van der Waals surface area contributed by atoms with E-state index in [2.05, 4.69) is 22.3 Å². The summed E-state index contributed by atoms with van der Waals surface area (Å²) in [5.74, 6) is 0. The van der Waals surface area contributed by atoms with Crippen LogP contribution in [-0.2, 0) is 0 Å². The molecule has 0 aromatic heterocycles. The molecule has 0 unspecified atom stereocenters. The molecule has 2 amide bonds. The minimum atomic E-state index is 0.0263. The highest BCUT2D eigenvalue weighted by atomic mass is 16.2. The molecule has 0 saturated carbocycles. The standard InChI is InChI=1S/C15H24N4O/c1-3-17-15(20)18(2)13-8-10-19(11-9-13)14-6-4-12(16)5-7-14/h4-7,13H,3,8-11,16H2,1-2H3,(H,17,20). The minimum Gasteiger partial charge on any atom is -0.399 e. The second-order valence-electron chi connectivity index (χ2n) is 5.26. The van der Waals surface area contributed by atoms with Crippen molar-refractivity contribution in [3.63, 3.8) is 0 Å². The fraction of sp³-hybridized carbons (Fsp3) is 0.533. The smallest absolute Gasteiger partial charge is 0.317 e. The molecule has 2 rings (SSSR count). The number of nitrogens with zero attached hydrogens (tertiary/aromatic N) is 2. The predicted molar refractivity (Wildman–Crippen MR) is 82.9 cm³/mol. The minimum absolute atomic E-state index is 0.0263. The molecule has 1 aromatic rings. The molecule has 1 heterocycles. The van der Waals surface area contributed by atoms with Crippen molar-refractivity contribution >= 4 is 17.4 Å².